The standard InChI is InChI=1S/C15H18FNOS/c1-3-17-14(10-12-5-4-8-19-12)11-6-7-15(18-2)13(16)9-11/h4-9,14,17H,3,10H2,1-2H3. The molecule has 1 aromatic carbocycles. The second kappa shape index (κ2) is 6.68. The maximum Gasteiger partial charge on any atom is 0.165 e. The van der Waals surface area contributed by atoms with E-state index in [-0.39, 0.29) is 17.6 Å². The minimum atomic E-state index is -0.311. The molecule has 0 saturated heterocycles. The summed E-state index contributed by atoms with van der Waals surface area (Å²) in [5.74, 6) is -0.0239. The molecule has 1 heterocycles. The number of benzene rings is 1. The normalized spacial score (nSPS) is 12.4. The number of hydrogen-bond acceptors (Lipinski definition) is 3. The van der Waals surface area contributed by atoms with Crippen molar-refractivity contribution in [2.75, 3.05) is 13.7 Å². The third-order valence-corrected chi connectivity index (χ3v) is 3.91. The van der Waals surface area contributed by atoms with E-state index in [1.807, 2.05) is 12.1 Å². The van der Waals surface area contributed by atoms with Gasteiger partial charge >= 0.3 is 0 Å². The molecule has 0 saturated carbocycles. The van der Waals surface area contributed by atoms with Crippen LogP contribution in [0.1, 0.15) is 23.4 Å². The molecule has 2 aromatic rings. The quantitative estimate of drug-likeness (QED) is 0.868. The van der Waals surface area contributed by atoms with E-state index in [1.165, 1.54) is 12.0 Å². The van der Waals surface area contributed by atoms with Crippen molar-refractivity contribution in [2.45, 2.75) is 19.4 Å². The van der Waals surface area contributed by atoms with Gasteiger partial charge in [0.25, 0.3) is 0 Å². The number of nitrogens with one attached hydrogen (secondary N) is 1. The third-order valence-electron chi connectivity index (χ3n) is 3.01. The highest BCUT2D eigenvalue weighted by atomic mass is 32.1. The summed E-state index contributed by atoms with van der Waals surface area (Å²) >= 11 is 1.73. The molecule has 4 heteroatoms. The number of hydrogen-bond donors (Lipinski definition) is 1. The van der Waals surface area contributed by atoms with Gasteiger partial charge in [0, 0.05) is 17.3 Å². The van der Waals surface area contributed by atoms with Crippen molar-refractivity contribution in [2.24, 2.45) is 0 Å². The zero-order chi connectivity index (χ0) is 13.7. The van der Waals surface area contributed by atoms with Crippen LogP contribution in [-0.4, -0.2) is 13.7 Å². The van der Waals surface area contributed by atoms with E-state index in [0.717, 1.165) is 18.5 Å². The third kappa shape index (κ3) is 3.55. The first-order valence-corrected chi connectivity index (χ1v) is 7.21. The molecular weight excluding hydrogens is 261 g/mol. The largest absolute Gasteiger partial charge is 0.494 e. The molecule has 0 spiro atoms. The van der Waals surface area contributed by atoms with Crippen molar-refractivity contribution in [1.82, 2.24) is 5.32 Å². The van der Waals surface area contributed by atoms with Gasteiger partial charge in [0.05, 0.1) is 7.11 Å². The Labute approximate surface area is 117 Å². The lowest BCUT2D eigenvalue weighted by Gasteiger charge is -2.18. The minimum Gasteiger partial charge on any atom is -0.494 e. The van der Waals surface area contributed by atoms with Gasteiger partial charge in [0.15, 0.2) is 11.6 Å². The van der Waals surface area contributed by atoms with Crippen LogP contribution in [0.4, 0.5) is 4.39 Å². The van der Waals surface area contributed by atoms with E-state index >= 15 is 0 Å². The fourth-order valence-electron chi connectivity index (χ4n) is 2.08. The summed E-state index contributed by atoms with van der Waals surface area (Å²) < 4.78 is 18.7. The van der Waals surface area contributed by atoms with Gasteiger partial charge in [0.1, 0.15) is 0 Å². The van der Waals surface area contributed by atoms with Crippen LogP contribution in [0.3, 0.4) is 0 Å². The summed E-state index contributed by atoms with van der Waals surface area (Å²) in [4.78, 5) is 1.29. The van der Waals surface area contributed by atoms with Crippen LogP contribution >= 0.6 is 11.3 Å². The molecule has 2 rings (SSSR count). The molecule has 0 bridgehead atoms. The summed E-state index contributed by atoms with van der Waals surface area (Å²) in [5.41, 5.74) is 0.952. The predicted molar refractivity (Wildman–Crippen MR) is 77.4 cm³/mol. The monoisotopic (exact) mass is 279 g/mol. The first-order chi connectivity index (χ1) is 9.24. The Hall–Kier alpha value is -1.39. The van der Waals surface area contributed by atoms with Gasteiger partial charge in [-0.05, 0) is 35.7 Å². The SMILES string of the molecule is CCNC(Cc1cccs1)c1ccc(OC)c(F)c1. The van der Waals surface area contributed by atoms with Crippen molar-refractivity contribution in [1.29, 1.82) is 0 Å². The summed E-state index contributed by atoms with van der Waals surface area (Å²) in [6.07, 6.45) is 0.872. The molecule has 1 N–H and O–H groups in total. The van der Waals surface area contributed by atoms with E-state index in [4.69, 9.17) is 4.74 Å². The molecule has 0 amide bonds. The molecular formula is C15H18FNOS. The summed E-state index contributed by atoms with van der Waals surface area (Å²) in [7, 11) is 1.48. The number of likely N-dealkylation sites (N-methyl/N-ethyl adjacent to an activating group) is 1. The molecule has 0 fully saturated rings. The summed E-state index contributed by atoms with van der Waals surface area (Å²) in [5, 5.41) is 5.46. The lowest BCUT2D eigenvalue weighted by Crippen LogP contribution is -2.22. The zero-order valence-corrected chi connectivity index (χ0v) is 12.0. The highest BCUT2D eigenvalue weighted by Gasteiger charge is 2.14. The van der Waals surface area contributed by atoms with Crippen LogP contribution in [0.2, 0.25) is 0 Å². The predicted octanol–water partition coefficient (Wildman–Crippen LogP) is 3.79. The summed E-state index contributed by atoms with van der Waals surface area (Å²) in [6, 6.07) is 9.43. The Bertz CT molecular complexity index is 513. The Morgan fingerprint density at radius 1 is 1.37 bits per heavy atom. The highest BCUT2D eigenvalue weighted by Crippen LogP contribution is 2.25. The van der Waals surface area contributed by atoms with E-state index in [0.29, 0.717) is 0 Å². The van der Waals surface area contributed by atoms with Gasteiger partial charge in [-0.1, -0.05) is 19.1 Å². The van der Waals surface area contributed by atoms with Crippen LogP contribution in [0.25, 0.3) is 0 Å². The smallest absolute Gasteiger partial charge is 0.165 e. The fourth-order valence-corrected chi connectivity index (χ4v) is 2.84. The maximum atomic E-state index is 13.8. The number of methoxy groups -OCH3 is 1. The molecule has 19 heavy (non-hydrogen) atoms. The molecule has 1 unspecified atom stereocenters. The number of thiophene rings is 1. The topological polar surface area (TPSA) is 21.3 Å². The average molecular weight is 279 g/mol. The van der Waals surface area contributed by atoms with Crippen LogP contribution in [0, 0.1) is 5.82 Å². The Kier molecular flexibility index (Phi) is 4.93. The van der Waals surface area contributed by atoms with Crippen molar-refractivity contribution < 1.29 is 9.13 Å². The van der Waals surface area contributed by atoms with Crippen molar-refractivity contribution >= 4 is 11.3 Å². The molecule has 1 atom stereocenters. The van der Waals surface area contributed by atoms with Crippen LogP contribution in [0.5, 0.6) is 5.75 Å². The first kappa shape index (κ1) is 14.0. The Morgan fingerprint density at radius 3 is 2.79 bits per heavy atom. The van der Waals surface area contributed by atoms with Gasteiger partial charge in [-0.15, -0.1) is 11.3 Å². The van der Waals surface area contributed by atoms with E-state index in [2.05, 4.69) is 23.7 Å². The van der Waals surface area contributed by atoms with Crippen molar-refractivity contribution in [3.05, 3.63) is 52.0 Å². The molecule has 0 aliphatic rings. The van der Waals surface area contributed by atoms with Gasteiger partial charge in [-0.2, -0.15) is 0 Å². The zero-order valence-electron chi connectivity index (χ0n) is 11.2. The summed E-state index contributed by atoms with van der Waals surface area (Å²) in [6.45, 7) is 2.91. The van der Waals surface area contributed by atoms with Crippen LogP contribution in [0.15, 0.2) is 35.7 Å². The van der Waals surface area contributed by atoms with Crippen molar-refractivity contribution in [3.8, 4) is 5.75 Å². The second-order valence-electron chi connectivity index (χ2n) is 4.29. The van der Waals surface area contributed by atoms with E-state index in [9.17, 15) is 4.39 Å². The molecule has 0 aliphatic heterocycles. The lowest BCUT2D eigenvalue weighted by atomic mass is 10.0. The second-order valence-corrected chi connectivity index (χ2v) is 5.32. The first-order valence-electron chi connectivity index (χ1n) is 6.33. The maximum absolute atomic E-state index is 13.8. The van der Waals surface area contributed by atoms with E-state index < -0.39 is 0 Å². The molecule has 2 nitrogen and oxygen atoms in total. The molecule has 1 aromatic heterocycles. The minimum absolute atomic E-state index is 0.129. The molecule has 102 valence electrons. The van der Waals surface area contributed by atoms with Gasteiger partial charge < -0.3 is 10.1 Å². The Balaban J connectivity index is 2.20. The molecule has 0 aliphatic carbocycles. The number of rotatable bonds is 6. The van der Waals surface area contributed by atoms with Gasteiger partial charge in [-0.3, -0.25) is 0 Å². The van der Waals surface area contributed by atoms with Crippen molar-refractivity contribution in [3.63, 3.8) is 0 Å². The fraction of sp³-hybridized carbons (Fsp3) is 0.333. The van der Waals surface area contributed by atoms with Crippen LogP contribution < -0.4 is 10.1 Å². The highest BCUT2D eigenvalue weighted by molar-refractivity contribution is 7.09. The van der Waals surface area contributed by atoms with Crippen LogP contribution in [-0.2, 0) is 6.42 Å². The van der Waals surface area contributed by atoms with Gasteiger partial charge in [-0.25, -0.2) is 4.39 Å². The van der Waals surface area contributed by atoms with E-state index in [1.54, 1.807) is 23.5 Å². The average Bonchev–Trinajstić information content (AvgIpc) is 2.91. The molecule has 0 radical (unpaired) electrons. The Morgan fingerprint density at radius 2 is 2.21 bits per heavy atom. The van der Waals surface area contributed by atoms with Gasteiger partial charge in [0.2, 0.25) is 0 Å². The number of halogens is 1. The lowest BCUT2D eigenvalue weighted by molar-refractivity contribution is 0.385. The number of ether oxygens (including phenoxy) is 1.